The molecule has 0 unspecified atom stereocenters. The molecule has 1 heterocycles. The number of alkyl halides is 4. The van der Waals surface area contributed by atoms with E-state index in [1.54, 1.807) is 0 Å². The van der Waals surface area contributed by atoms with E-state index in [-0.39, 0.29) is 6.42 Å². The normalized spacial score (nSPS) is 42.0. The fourth-order valence-electron chi connectivity index (χ4n) is 1.10. The van der Waals surface area contributed by atoms with Gasteiger partial charge in [-0.15, -0.1) is 0 Å². The zero-order valence-corrected chi connectivity index (χ0v) is 7.92. The first-order valence-corrected chi connectivity index (χ1v) is 4.46. The highest BCUT2D eigenvalue weighted by Crippen LogP contribution is 2.34. The molecule has 1 aliphatic heterocycles. The lowest BCUT2D eigenvalue weighted by atomic mass is 10.0. The molecule has 0 aliphatic carbocycles. The number of hydrogen-bond acceptors (Lipinski definition) is 3. The van der Waals surface area contributed by atoms with Crippen LogP contribution in [0.4, 0.5) is 13.2 Å². The van der Waals surface area contributed by atoms with Crippen LogP contribution in [-0.4, -0.2) is 39.7 Å². The van der Waals surface area contributed by atoms with Gasteiger partial charge in [0.25, 0.3) is 0 Å². The quantitative estimate of drug-likeness (QED) is 0.636. The Morgan fingerprint density at radius 3 is 2.31 bits per heavy atom. The first kappa shape index (κ1) is 11.2. The van der Waals surface area contributed by atoms with E-state index < -0.39 is 29.5 Å². The van der Waals surface area contributed by atoms with Crippen molar-refractivity contribution in [3.05, 3.63) is 0 Å². The van der Waals surface area contributed by atoms with Crippen LogP contribution >= 0.6 is 15.9 Å². The molecule has 1 saturated heterocycles. The van der Waals surface area contributed by atoms with Gasteiger partial charge in [-0.25, -0.2) is 0 Å². The van der Waals surface area contributed by atoms with E-state index in [4.69, 9.17) is 10.2 Å². The zero-order chi connectivity index (χ0) is 10.2. The van der Waals surface area contributed by atoms with Crippen LogP contribution in [0, 0.1) is 0 Å². The van der Waals surface area contributed by atoms with E-state index in [0.29, 0.717) is 0 Å². The van der Waals surface area contributed by atoms with Crippen molar-refractivity contribution < 1.29 is 28.1 Å². The molecule has 0 aromatic carbocycles. The Hall–Kier alpha value is 0.150. The predicted octanol–water partition coefficient (Wildman–Crippen LogP) is 0.780. The molecule has 13 heavy (non-hydrogen) atoms. The second-order valence-electron chi connectivity index (χ2n) is 2.80. The molecule has 0 saturated carbocycles. The molecule has 1 aliphatic rings. The molecule has 7 heteroatoms. The second-order valence-corrected chi connectivity index (χ2v) is 3.82. The fourth-order valence-corrected chi connectivity index (χ4v) is 1.71. The maximum atomic E-state index is 12.1. The van der Waals surface area contributed by atoms with Crippen LogP contribution < -0.4 is 0 Å². The van der Waals surface area contributed by atoms with Crippen molar-refractivity contribution in [3.63, 3.8) is 0 Å². The van der Waals surface area contributed by atoms with Crippen LogP contribution in [0.1, 0.15) is 6.42 Å². The van der Waals surface area contributed by atoms with Crippen LogP contribution in [-0.2, 0) is 4.74 Å². The zero-order valence-electron chi connectivity index (χ0n) is 6.33. The summed E-state index contributed by atoms with van der Waals surface area (Å²) in [4.78, 5) is 0. The molecule has 0 amide bonds. The van der Waals surface area contributed by atoms with Gasteiger partial charge in [-0.05, 0) is 0 Å². The molecular weight excluding hydrogens is 257 g/mol. The van der Waals surface area contributed by atoms with Gasteiger partial charge in [0.05, 0.1) is 6.10 Å². The molecule has 0 aromatic rings. The average molecular weight is 265 g/mol. The summed E-state index contributed by atoms with van der Waals surface area (Å²) in [6.07, 6.45) is -10.4. The van der Waals surface area contributed by atoms with E-state index in [9.17, 15) is 13.2 Å². The summed E-state index contributed by atoms with van der Waals surface area (Å²) in [5, 5.41) is 17.1. The summed E-state index contributed by atoms with van der Waals surface area (Å²) in [5.74, 6) is 0. The monoisotopic (exact) mass is 264 g/mol. The molecule has 0 spiro atoms. The third-order valence-electron chi connectivity index (χ3n) is 1.75. The molecule has 1 fully saturated rings. The third kappa shape index (κ3) is 2.55. The summed E-state index contributed by atoms with van der Waals surface area (Å²) >= 11 is 2.80. The average Bonchev–Trinajstić information content (AvgIpc) is 1.94. The lowest BCUT2D eigenvalue weighted by molar-refractivity contribution is -0.277. The molecule has 3 nitrogen and oxygen atoms in total. The standard InChI is InChI=1S/C6H8BrF3O3/c7-3-1-2(11)4(12)5(13-3)6(8,9)10/h2-5,11-12H,1H2/t2-,3+,4-,5+/m1/s1. The maximum Gasteiger partial charge on any atom is 0.417 e. The molecule has 0 radical (unpaired) electrons. The highest BCUT2D eigenvalue weighted by molar-refractivity contribution is 9.09. The number of rotatable bonds is 0. The minimum absolute atomic E-state index is 0.0618. The van der Waals surface area contributed by atoms with E-state index in [0.717, 1.165) is 0 Å². The van der Waals surface area contributed by atoms with E-state index in [1.165, 1.54) is 0 Å². The Kier molecular flexibility index (Phi) is 3.21. The van der Waals surface area contributed by atoms with E-state index in [2.05, 4.69) is 20.7 Å². The number of hydrogen-bond donors (Lipinski definition) is 2. The SMILES string of the molecule is O[C@@H]1[C@H](O)C[C@@H](Br)O[C@@H]1C(F)(F)F. The van der Waals surface area contributed by atoms with Crippen molar-refractivity contribution in [1.82, 2.24) is 0 Å². The molecule has 0 bridgehead atoms. The van der Waals surface area contributed by atoms with Gasteiger partial charge in [-0.1, -0.05) is 15.9 Å². The summed E-state index contributed by atoms with van der Waals surface area (Å²) in [5.41, 5.74) is 0. The third-order valence-corrected chi connectivity index (χ3v) is 2.34. The lowest BCUT2D eigenvalue weighted by Crippen LogP contribution is -2.53. The molecule has 0 aromatic heterocycles. The van der Waals surface area contributed by atoms with Gasteiger partial charge in [0.2, 0.25) is 0 Å². The molecule has 78 valence electrons. The Morgan fingerprint density at radius 1 is 1.31 bits per heavy atom. The van der Waals surface area contributed by atoms with Crippen molar-refractivity contribution in [2.45, 2.75) is 35.9 Å². The van der Waals surface area contributed by atoms with Gasteiger partial charge in [0, 0.05) is 6.42 Å². The van der Waals surface area contributed by atoms with Gasteiger partial charge in [0.1, 0.15) is 11.1 Å². The maximum absolute atomic E-state index is 12.1. The van der Waals surface area contributed by atoms with Gasteiger partial charge in [-0.2, -0.15) is 13.2 Å². The van der Waals surface area contributed by atoms with Crippen molar-refractivity contribution >= 4 is 15.9 Å². The number of halogens is 4. The van der Waals surface area contributed by atoms with Crippen molar-refractivity contribution in [2.24, 2.45) is 0 Å². The Morgan fingerprint density at radius 2 is 1.85 bits per heavy atom. The molecule has 2 N–H and O–H groups in total. The van der Waals surface area contributed by atoms with Crippen molar-refractivity contribution in [3.8, 4) is 0 Å². The smallest absolute Gasteiger partial charge is 0.390 e. The topological polar surface area (TPSA) is 49.7 Å². The minimum atomic E-state index is -4.66. The number of aliphatic hydroxyl groups is 2. The summed E-state index contributed by atoms with van der Waals surface area (Å²) < 4.78 is 40.8. The summed E-state index contributed by atoms with van der Waals surface area (Å²) in [6.45, 7) is 0. The number of ether oxygens (including phenoxy) is 1. The van der Waals surface area contributed by atoms with Crippen LogP contribution in [0.25, 0.3) is 0 Å². The van der Waals surface area contributed by atoms with Gasteiger partial charge < -0.3 is 14.9 Å². The van der Waals surface area contributed by atoms with Crippen LogP contribution in [0.15, 0.2) is 0 Å². The van der Waals surface area contributed by atoms with Crippen LogP contribution in [0.2, 0.25) is 0 Å². The largest absolute Gasteiger partial charge is 0.417 e. The second kappa shape index (κ2) is 3.72. The first-order valence-electron chi connectivity index (χ1n) is 3.54. The lowest BCUT2D eigenvalue weighted by Gasteiger charge is -2.35. The summed E-state index contributed by atoms with van der Waals surface area (Å²) in [6, 6.07) is 0. The van der Waals surface area contributed by atoms with Gasteiger partial charge in [0.15, 0.2) is 6.10 Å². The highest BCUT2D eigenvalue weighted by atomic mass is 79.9. The van der Waals surface area contributed by atoms with Gasteiger partial charge in [-0.3, -0.25) is 0 Å². The first-order chi connectivity index (χ1) is 5.82. The van der Waals surface area contributed by atoms with E-state index >= 15 is 0 Å². The minimum Gasteiger partial charge on any atom is -0.390 e. The highest BCUT2D eigenvalue weighted by Gasteiger charge is 2.51. The van der Waals surface area contributed by atoms with Crippen LogP contribution in [0.5, 0.6) is 0 Å². The van der Waals surface area contributed by atoms with E-state index in [1.807, 2.05) is 0 Å². The van der Waals surface area contributed by atoms with Crippen molar-refractivity contribution in [2.75, 3.05) is 0 Å². The van der Waals surface area contributed by atoms with Gasteiger partial charge >= 0.3 is 6.18 Å². The van der Waals surface area contributed by atoms with Crippen molar-refractivity contribution in [1.29, 1.82) is 0 Å². The van der Waals surface area contributed by atoms with Crippen LogP contribution in [0.3, 0.4) is 0 Å². The Labute approximate surface area is 80.6 Å². The Balaban J connectivity index is 2.72. The Bertz CT molecular complexity index is 186. The number of aliphatic hydroxyl groups excluding tert-OH is 2. The molecule has 1 rings (SSSR count). The molecule has 4 atom stereocenters. The summed E-state index contributed by atoms with van der Waals surface area (Å²) in [7, 11) is 0. The molecular formula is C6H8BrF3O3. The fraction of sp³-hybridized carbons (Fsp3) is 1.00. The predicted molar refractivity (Wildman–Crippen MR) is 40.3 cm³/mol.